The van der Waals surface area contributed by atoms with Crippen LogP contribution in [0.25, 0.3) is 0 Å². The molecule has 5 heteroatoms. The van der Waals surface area contributed by atoms with Crippen LogP contribution in [0.15, 0.2) is 0 Å². The van der Waals surface area contributed by atoms with Crippen molar-refractivity contribution in [3.63, 3.8) is 0 Å². The fourth-order valence-electron chi connectivity index (χ4n) is 2.28. The summed E-state index contributed by atoms with van der Waals surface area (Å²) in [6.45, 7) is 2.22. The van der Waals surface area contributed by atoms with Gasteiger partial charge in [0.2, 0.25) is 5.91 Å². The Kier molecular flexibility index (Phi) is 6.01. The molecule has 0 aliphatic carbocycles. The van der Waals surface area contributed by atoms with Crippen LogP contribution in [0.4, 0.5) is 0 Å². The number of thioether (sulfide) groups is 2. The van der Waals surface area contributed by atoms with Crippen LogP contribution in [0.3, 0.4) is 0 Å². The number of hydrogen-bond donors (Lipinski definition) is 2. The first-order valence-electron chi connectivity index (χ1n) is 6.54. The van der Waals surface area contributed by atoms with Crippen LogP contribution >= 0.6 is 23.5 Å². The van der Waals surface area contributed by atoms with Gasteiger partial charge in [-0.25, -0.2) is 0 Å². The number of hydrogen-bond acceptors (Lipinski definition) is 4. The van der Waals surface area contributed by atoms with Crippen molar-refractivity contribution in [1.82, 2.24) is 10.6 Å². The van der Waals surface area contributed by atoms with Gasteiger partial charge in [-0.3, -0.25) is 4.79 Å². The summed E-state index contributed by atoms with van der Waals surface area (Å²) in [5.74, 6) is 3.24. The van der Waals surface area contributed by atoms with Crippen LogP contribution in [0, 0.1) is 0 Å². The predicted molar refractivity (Wildman–Crippen MR) is 76.8 cm³/mol. The van der Waals surface area contributed by atoms with Crippen LogP contribution in [-0.2, 0) is 4.79 Å². The Labute approximate surface area is 112 Å². The van der Waals surface area contributed by atoms with Gasteiger partial charge in [-0.1, -0.05) is 0 Å². The molecule has 2 heterocycles. The largest absolute Gasteiger partial charge is 0.352 e. The zero-order valence-electron chi connectivity index (χ0n) is 10.2. The zero-order valence-corrected chi connectivity index (χ0v) is 11.9. The third-order valence-electron chi connectivity index (χ3n) is 3.26. The lowest BCUT2D eigenvalue weighted by atomic mass is 10.2. The van der Waals surface area contributed by atoms with E-state index in [2.05, 4.69) is 10.6 Å². The van der Waals surface area contributed by atoms with E-state index in [1.165, 1.54) is 25.0 Å². The van der Waals surface area contributed by atoms with Gasteiger partial charge in [0.15, 0.2) is 0 Å². The SMILES string of the molecule is O=C(CSC1CCNCC1)NC1CCCSC1. The Hall–Kier alpha value is 0.130. The van der Waals surface area contributed by atoms with Crippen molar-refractivity contribution in [3.8, 4) is 0 Å². The van der Waals surface area contributed by atoms with E-state index in [-0.39, 0.29) is 5.91 Å². The fraction of sp³-hybridized carbons (Fsp3) is 0.917. The third kappa shape index (κ3) is 5.10. The molecule has 0 aromatic rings. The van der Waals surface area contributed by atoms with Crippen LogP contribution in [0.2, 0.25) is 0 Å². The molecule has 2 fully saturated rings. The lowest BCUT2D eigenvalue weighted by Gasteiger charge is -2.24. The Bertz CT molecular complexity index is 239. The topological polar surface area (TPSA) is 41.1 Å². The molecule has 2 saturated heterocycles. The van der Waals surface area contributed by atoms with E-state index in [0.717, 1.165) is 25.3 Å². The van der Waals surface area contributed by atoms with Gasteiger partial charge in [-0.15, -0.1) is 11.8 Å². The highest BCUT2D eigenvalue weighted by atomic mass is 32.2. The van der Waals surface area contributed by atoms with Gasteiger partial charge in [0.1, 0.15) is 0 Å². The Morgan fingerprint density at radius 2 is 2.18 bits per heavy atom. The lowest BCUT2D eigenvalue weighted by molar-refractivity contribution is -0.119. The Morgan fingerprint density at radius 3 is 2.88 bits per heavy atom. The van der Waals surface area contributed by atoms with Crippen molar-refractivity contribution in [3.05, 3.63) is 0 Å². The van der Waals surface area contributed by atoms with E-state index in [9.17, 15) is 4.79 Å². The first-order chi connectivity index (χ1) is 8.34. The van der Waals surface area contributed by atoms with Crippen molar-refractivity contribution in [2.45, 2.75) is 37.0 Å². The number of nitrogens with one attached hydrogen (secondary N) is 2. The van der Waals surface area contributed by atoms with Gasteiger partial charge in [0.05, 0.1) is 5.75 Å². The monoisotopic (exact) mass is 274 g/mol. The molecule has 0 radical (unpaired) electrons. The van der Waals surface area contributed by atoms with E-state index in [4.69, 9.17) is 0 Å². The van der Waals surface area contributed by atoms with Gasteiger partial charge in [0, 0.05) is 17.0 Å². The number of rotatable bonds is 4. The zero-order chi connectivity index (χ0) is 11.9. The summed E-state index contributed by atoms with van der Waals surface area (Å²) in [4.78, 5) is 11.8. The molecule has 0 aromatic heterocycles. The average Bonchev–Trinajstić information content (AvgIpc) is 2.39. The summed E-state index contributed by atoms with van der Waals surface area (Å²) in [6.07, 6.45) is 4.82. The molecule has 1 atom stereocenters. The highest BCUT2D eigenvalue weighted by Crippen LogP contribution is 2.20. The van der Waals surface area contributed by atoms with E-state index in [1.54, 1.807) is 0 Å². The Balaban J connectivity index is 1.59. The first kappa shape index (κ1) is 13.6. The number of carbonyl (C=O) groups excluding carboxylic acids is 1. The van der Waals surface area contributed by atoms with Gasteiger partial charge in [-0.2, -0.15) is 11.8 Å². The second kappa shape index (κ2) is 7.54. The molecular formula is C12H22N2OS2. The lowest BCUT2D eigenvalue weighted by Crippen LogP contribution is -2.39. The number of carbonyl (C=O) groups is 1. The summed E-state index contributed by atoms with van der Waals surface area (Å²) in [7, 11) is 0. The summed E-state index contributed by atoms with van der Waals surface area (Å²) < 4.78 is 0. The first-order valence-corrected chi connectivity index (χ1v) is 8.74. The molecule has 98 valence electrons. The predicted octanol–water partition coefficient (Wildman–Crippen LogP) is 1.48. The van der Waals surface area contributed by atoms with Crippen molar-refractivity contribution in [2.24, 2.45) is 0 Å². The molecule has 3 nitrogen and oxygen atoms in total. The molecular weight excluding hydrogens is 252 g/mol. The molecule has 2 aliphatic rings. The molecule has 17 heavy (non-hydrogen) atoms. The van der Waals surface area contributed by atoms with E-state index >= 15 is 0 Å². The van der Waals surface area contributed by atoms with Gasteiger partial charge >= 0.3 is 0 Å². The van der Waals surface area contributed by atoms with Crippen LogP contribution in [0.5, 0.6) is 0 Å². The van der Waals surface area contributed by atoms with E-state index < -0.39 is 0 Å². The molecule has 0 saturated carbocycles. The molecule has 0 spiro atoms. The summed E-state index contributed by atoms with van der Waals surface area (Å²) in [6, 6.07) is 0.426. The molecule has 0 bridgehead atoms. The molecule has 1 amide bonds. The van der Waals surface area contributed by atoms with E-state index in [1.807, 2.05) is 23.5 Å². The van der Waals surface area contributed by atoms with Crippen LogP contribution < -0.4 is 10.6 Å². The highest BCUT2D eigenvalue weighted by Gasteiger charge is 2.18. The molecule has 2 rings (SSSR count). The van der Waals surface area contributed by atoms with Crippen LogP contribution in [0.1, 0.15) is 25.7 Å². The minimum Gasteiger partial charge on any atom is -0.352 e. The second-order valence-electron chi connectivity index (χ2n) is 4.74. The standard InChI is InChI=1S/C12H22N2OS2/c15-12(14-10-2-1-7-16-8-10)9-17-11-3-5-13-6-4-11/h10-11,13H,1-9H2,(H,14,15). The second-order valence-corrected chi connectivity index (χ2v) is 7.18. The maximum absolute atomic E-state index is 11.8. The van der Waals surface area contributed by atoms with Crippen molar-refractivity contribution < 1.29 is 4.79 Å². The minimum absolute atomic E-state index is 0.237. The average molecular weight is 274 g/mol. The summed E-state index contributed by atoms with van der Waals surface area (Å²) in [5.41, 5.74) is 0. The maximum atomic E-state index is 11.8. The van der Waals surface area contributed by atoms with Crippen LogP contribution in [-0.4, -0.2) is 47.5 Å². The van der Waals surface area contributed by atoms with Crippen molar-refractivity contribution in [2.75, 3.05) is 30.3 Å². The number of piperidine rings is 1. The minimum atomic E-state index is 0.237. The van der Waals surface area contributed by atoms with Crippen molar-refractivity contribution in [1.29, 1.82) is 0 Å². The normalized spacial score (nSPS) is 26.7. The fourth-order valence-corrected chi connectivity index (χ4v) is 4.39. The molecule has 2 aliphatic heterocycles. The summed E-state index contributed by atoms with van der Waals surface area (Å²) >= 11 is 3.80. The molecule has 2 N–H and O–H groups in total. The number of amides is 1. The summed E-state index contributed by atoms with van der Waals surface area (Å²) in [5, 5.41) is 7.20. The highest BCUT2D eigenvalue weighted by molar-refractivity contribution is 8.00. The molecule has 0 aromatic carbocycles. The van der Waals surface area contributed by atoms with Gasteiger partial charge < -0.3 is 10.6 Å². The van der Waals surface area contributed by atoms with E-state index in [0.29, 0.717) is 17.0 Å². The third-order valence-corrected chi connectivity index (χ3v) is 5.85. The Morgan fingerprint density at radius 1 is 1.35 bits per heavy atom. The molecule has 1 unspecified atom stereocenters. The smallest absolute Gasteiger partial charge is 0.230 e. The maximum Gasteiger partial charge on any atom is 0.230 e. The van der Waals surface area contributed by atoms with Crippen molar-refractivity contribution >= 4 is 29.4 Å². The van der Waals surface area contributed by atoms with Gasteiger partial charge in [0.25, 0.3) is 0 Å². The quantitative estimate of drug-likeness (QED) is 0.815. The van der Waals surface area contributed by atoms with Gasteiger partial charge in [-0.05, 0) is 44.5 Å².